The van der Waals surface area contributed by atoms with Crippen molar-refractivity contribution >= 4 is 33.7 Å². The van der Waals surface area contributed by atoms with Crippen LogP contribution in [0, 0.1) is 0 Å². The van der Waals surface area contributed by atoms with Crippen molar-refractivity contribution in [2.45, 2.75) is 51.1 Å². The zero-order valence-corrected chi connectivity index (χ0v) is 14.4. The molecule has 1 aliphatic heterocycles. The molecule has 0 saturated carbocycles. The van der Waals surface area contributed by atoms with Crippen LogP contribution in [-0.2, 0) is 0 Å². The fourth-order valence-electron chi connectivity index (χ4n) is 3.30. The third-order valence-corrected chi connectivity index (χ3v) is 4.54. The first-order chi connectivity index (χ1) is 10.4. The van der Waals surface area contributed by atoms with Gasteiger partial charge in [0, 0.05) is 18.1 Å². The molecule has 8 heteroatoms. The van der Waals surface area contributed by atoms with Crippen molar-refractivity contribution in [3.8, 4) is 0 Å². The highest BCUT2D eigenvalue weighted by Crippen LogP contribution is 2.37. The van der Waals surface area contributed by atoms with Crippen molar-refractivity contribution in [3.63, 3.8) is 0 Å². The van der Waals surface area contributed by atoms with Gasteiger partial charge >= 0.3 is 6.09 Å². The van der Waals surface area contributed by atoms with E-state index in [2.05, 4.69) is 50.0 Å². The summed E-state index contributed by atoms with van der Waals surface area (Å²) >= 11 is 3.34. The van der Waals surface area contributed by atoms with Gasteiger partial charge in [0.15, 0.2) is 11.6 Å². The van der Waals surface area contributed by atoms with Crippen molar-refractivity contribution in [1.82, 2.24) is 15.3 Å². The average molecular weight is 372 g/mol. The molecule has 2 unspecified atom stereocenters. The van der Waals surface area contributed by atoms with Gasteiger partial charge in [0.2, 0.25) is 0 Å². The lowest BCUT2D eigenvalue weighted by Gasteiger charge is -2.48. The second kappa shape index (κ2) is 6.68. The highest BCUT2D eigenvalue weighted by atomic mass is 79.9. The Hall–Kier alpha value is -1.57. The molecule has 7 nitrogen and oxygen atoms in total. The van der Waals surface area contributed by atoms with Gasteiger partial charge in [-0.25, -0.2) is 14.8 Å². The number of piperidine rings is 1. The van der Waals surface area contributed by atoms with E-state index in [4.69, 9.17) is 10.8 Å². The van der Waals surface area contributed by atoms with Gasteiger partial charge < -0.3 is 21.1 Å². The minimum atomic E-state index is -0.973. The van der Waals surface area contributed by atoms with E-state index in [1.165, 1.54) is 0 Å². The molecular formula is C14H22BrN5O2. The van der Waals surface area contributed by atoms with Crippen molar-refractivity contribution in [2.24, 2.45) is 0 Å². The average Bonchev–Trinajstić information content (AvgIpc) is 2.41. The molecule has 1 amide bonds. The first-order valence-electron chi connectivity index (χ1n) is 7.41. The Balaban J connectivity index is 2.30. The topological polar surface area (TPSA) is 104 Å². The summed E-state index contributed by atoms with van der Waals surface area (Å²) in [4.78, 5) is 21.7. The largest absolute Gasteiger partial charge is 0.465 e. The van der Waals surface area contributed by atoms with E-state index in [0.29, 0.717) is 22.8 Å². The van der Waals surface area contributed by atoms with Crippen molar-refractivity contribution in [2.75, 3.05) is 17.2 Å². The number of halogens is 1. The molecule has 0 bridgehead atoms. The van der Waals surface area contributed by atoms with Crippen LogP contribution >= 0.6 is 15.9 Å². The van der Waals surface area contributed by atoms with Crippen LogP contribution in [0.3, 0.4) is 0 Å². The second-order valence-electron chi connectivity index (χ2n) is 5.94. The Morgan fingerprint density at radius 2 is 2.41 bits per heavy atom. The molecule has 1 fully saturated rings. The van der Waals surface area contributed by atoms with Crippen LogP contribution < -0.4 is 16.0 Å². The van der Waals surface area contributed by atoms with E-state index in [1.54, 1.807) is 6.20 Å². The first kappa shape index (κ1) is 16.8. The third-order valence-electron chi connectivity index (χ3n) is 4.16. The summed E-state index contributed by atoms with van der Waals surface area (Å²) in [6.45, 7) is 4.94. The normalized spacial score (nSPS) is 25.0. The van der Waals surface area contributed by atoms with Crippen molar-refractivity contribution in [1.29, 1.82) is 0 Å². The number of hydrogen-bond donors (Lipinski definition) is 3. The molecule has 2 atom stereocenters. The number of nitrogen functional groups attached to an aromatic ring is 1. The molecule has 0 aliphatic carbocycles. The third kappa shape index (κ3) is 3.60. The smallest absolute Gasteiger partial charge is 0.404 e. The van der Waals surface area contributed by atoms with Crippen LogP contribution in [0.25, 0.3) is 0 Å². The van der Waals surface area contributed by atoms with Crippen LogP contribution in [0.2, 0.25) is 0 Å². The fraction of sp³-hybridized carbons (Fsp3) is 0.643. The number of carboxylic acid groups (broad SMARTS) is 1. The lowest BCUT2D eigenvalue weighted by molar-refractivity contribution is 0.179. The van der Waals surface area contributed by atoms with Gasteiger partial charge in [-0.15, -0.1) is 0 Å². The van der Waals surface area contributed by atoms with E-state index in [0.717, 1.165) is 25.7 Å². The highest BCUT2D eigenvalue weighted by Gasteiger charge is 2.40. The van der Waals surface area contributed by atoms with Crippen molar-refractivity contribution in [3.05, 3.63) is 10.8 Å². The minimum absolute atomic E-state index is 0.0494. The van der Waals surface area contributed by atoms with E-state index in [-0.39, 0.29) is 11.6 Å². The summed E-state index contributed by atoms with van der Waals surface area (Å²) in [5.74, 6) is 1.06. The van der Waals surface area contributed by atoms with E-state index >= 15 is 0 Å². The molecule has 22 heavy (non-hydrogen) atoms. The second-order valence-corrected chi connectivity index (χ2v) is 6.75. The Bertz CT molecular complexity index is 556. The summed E-state index contributed by atoms with van der Waals surface area (Å²) in [5.41, 5.74) is 5.80. The number of nitrogens with zero attached hydrogens (tertiary/aromatic N) is 3. The molecular weight excluding hydrogens is 350 g/mol. The lowest BCUT2D eigenvalue weighted by atomic mass is 9.82. The van der Waals surface area contributed by atoms with Crippen LogP contribution in [0.5, 0.6) is 0 Å². The SMILES string of the molecule is CCCC1(C)CC(NC(=O)O)CCN1c1nc(Br)cnc1N. The summed E-state index contributed by atoms with van der Waals surface area (Å²) in [7, 11) is 0. The number of anilines is 2. The van der Waals surface area contributed by atoms with E-state index in [1.807, 2.05) is 0 Å². The maximum Gasteiger partial charge on any atom is 0.404 e. The Morgan fingerprint density at radius 3 is 3.05 bits per heavy atom. The van der Waals surface area contributed by atoms with Gasteiger partial charge in [-0.1, -0.05) is 13.3 Å². The summed E-state index contributed by atoms with van der Waals surface area (Å²) < 4.78 is 0.640. The van der Waals surface area contributed by atoms with Crippen LogP contribution in [-0.4, -0.2) is 39.3 Å². The van der Waals surface area contributed by atoms with Crippen molar-refractivity contribution < 1.29 is 9.90 Å². The van der Waals surface area contributed by atoms with Gasteiger partial charge in [-0.2, -0.15) is 0 Å². The Morgan fingerprint density at radius 1 is 1.68 bits per heavy atom. The number of nitrogens with two attached hydrogens (primary N) is 1. The zero-order valence-electron chi connectivity index (χ0n) is 12.8. The monoisotopic (exact) mass is 371 g/mol. The predicted molar refractivity (Wildman–Crippen MR) is 89.0 cm³/mol. The molecule has 2 rings (SSSR count). The molecule has 0 spiro atoms. The molecule has 4 N–H and O–H groups in total. The minimum Gasteiger partial charge on any atom is -0.465 e. The van der Waals surface area contributed by atoms with Crippen LogP contribution in [0.1, 0.15) is 39.5 Å². The zero-order chi connectivity index (χ0) is 16.3. The molecule has 2 heterocycles. The number of rotatable bonds is 4. The number of nitrogens with one attached hydrogen (secondary N) is 1. The van der Waals surface area contributed by atoms with E-state index in [9.17, 15) is 4.79 Å². The highest BCUT2D eigenvalue weighted by molar-refractivity contribution is 9.10. The predicted octanol–water partition coefficient (Wildman–Crippen LogP) is 2.62. The number of aromatic nitrogens is 2. The van der Waals surface area contributed by atoms with Gasteiger partial charge in [-0.05, 0) is 42.1 Å². The number of carbonyl (C=O) groups is 1. The number of amides is 1. The van der Waals surface area contributed by atoms with E-state index < -0.39 is 6.09 Å². The molecule has 1 aliphatic rings. The molecule has 1 aromatic heterocycles. The first-order valence-corrected chi connectivity index (χ1v) is 8.20. The van der Waals surface area contributed by atoms with Gasteiger partial charge in [0.25, 0.3) is 0 Å². The molecule has 0 radical (unpaired) electrons. The summed E-state index contributed by atoms with van der Waals surface area (Å²) in [5, 5.41) is 11.6. The standard InChI is InChI=1S/C14H22BrN5O2/c1-3-5-14(2)7-9(18-13(21)22)4-6-20(14)12-11(16)17-8-10(15)19-12/h8-9,18H,3-7H2,1-2H3,(H2,16,17)(H,21,22). The molecule has 122 valence electrons. The quantitative estimate of drug-likeness (QED) is 0.751. The molecule has 0 aromatic carbocycles. The summed E-state index contributed by atoms with van der Waals surface area (Å²) in [6, 6.07) is -0.0494. The maximum atomic E-state index is 10.9. The maximum absolute atomic E-state index is 10.9. The summed E-state index contributed by atoms with van der Waals surface area (Å²) in [6.07, 6.45) is 3.97. The Labute approximate surface area is 138 Å². The number of hydrogen-bond acceptors (Lipinski definition) is 5. The Kier molecular flexibility index (Phi) is 5.10. The van der Waals surface area contributed by atoms with Gasteiger partial charge in [0.1, 0.15) is 4.60 Å². The van der Waals surface area contributed by atoms with Crippen LogP contribution in [0.4, 0.5) is 16.4 Å². The van der Waals surface area contributed by atoms with Gasteiger partial charge in [0.05, 0.1) is 6.20 Å². The molecule has 1 aromatic rings. The fourth-order valence-corrected chi connectivity index (χ4v) is 3.57. The molecule has 1 saturated heterocycles. The van der Waals surface area contributed by atoms with Gasteiger partial charge in [-0.3, -0.25) is 0 Å². The lowest BCUT2D eigenvalue weighted by Crippen LogP contribution is -2.57. The van der Waals surface area contributed by atoms with Crippen LogP contribution in [0.15, 0.2) is 10.8 Å².